The number of aromatic nitrogens is 2. The fourth-order valence-corrected chi connectivity index (χ4v) is 3.54. The average Bonchev–Trinajstić information content (AvgIpc) is 2.67. The molecule has 1 aliphatic rings. The van der Waals surface area contributed by atoms with Crippen molar-refractivity contribution < 1.29 is 4.39 Å². The predicted octanol–water partition coefficient (Wildman–Crippen LogP) is 4.93. The first-order chi connectivity index (χ1) is 10.1. The van der Waals surface area contributed by atoms with E-state index in [9.17, 15) is 4.39 Å². The summed E-state index contributed by atoms with van der Waals surface area (Å²) in [5, 5.41) is 4.68. The first kappa shape index (κ1) is 14.6. The summed E-state index contributed by atoms with van der Waals surface area (Å²) in [5.41, 5.74) is 8.34. The molecule has 0 unspecified atom stereocenters. The molecule has 0 radical (unpaired) electrons. The fraction of sp³-hybridized carbons (Fsp3) is 0.438. The number of halogens is 2. The first-order valence-corrected chi connectivity index (χ1v) is 8.24. The Balaban J connectivity index is 1.93. The lowest BCUT2D eigenvalue weighted by Gasteiger charge is -2.14. The van der Waals surface area contributed by atoms with Crippen LogP contribution in [0.4, 0.5) is 10.1 Å². The highest BCUT2D eigenvalue weighted by atomic mass is 79.9. The lowest BCUT2D eigenvalue weighted by Crippen LogP contribution is -2.08. The lowest BCUT2D eigenvalue weighted by atomic mass is 10.1. The van der Waals surface area contributed by atoms with E-state index in [4.69, 9.17) is 5.73 Å². The molecular formula is C16H19BrFN3. The van der Waals surface area contributed by atoms with Gasteiger partial charge in [-0.1, -0.05) is 25.7 Å². The molecular weight excluding hydrogens is 333 g/mol. The van der Waals surface area contributed by atoms with Crippen molar-refractivity contribution in [3.05, 3.63) is 34.7 Å². The Morgan fingerprint density at radius 1 is 1.19 bits per heavy atom. The van der Waals surface area contributed by atoms with Crippen LogP contribution in [0, 0.1) is 5.82 Å². The molecule has 0 atom stereocenters. The second-order valence-corrected chi connectivity index (χ2v) is 6.54. The SMILES string of the molecule is Nc1cn(C2CCCCCC2)nc1-c1ccc(F)cc1Br. The summed E-state index contributed by atoms with van der Waals surface area (Å²) in [6.45, 7) is 0. The maximum atomic E-state index is 13.2. The van der Waals surface area contributed by atoms with Crippen molar-refractivity contribution in [1.82, 2.24) is 9.78 Å². The minimum Gasteiger partial charge on any atom is -0.396 e. The number of hydrogen-bond acceptors (Lipinski definition) is 2. The van der Waals surface area contributed by atoms with E-state index >= 15 is 0 Å². The number of nitrogens with two attached hydrogens (primary N) is 1. The zero-order valence-corrected chi connectivity index (χ0v) is 13.4. The molecule has 21 heavy (non-hydrogen) atoms. The topological polar surface area (TPSA) is 43.8 Å². The number of anilines is 1. The summed E-state index contributed by atoms with van der Waals surface area (Å²) < 4.78 is 15.9. The minimum absolute atomic E-state index is 0.271. The van der Waals surface area contributed by atoms with Gasteiger partial charge in [-0.15, -0.1) is 0 Å². The van der Waals surface area contributed by atoms with E-state index in [0.717, 1.165) is 24.1 Å². The van der Waals surface area contributed by atoms with Crippen LogP contribution in [-0.4, -0.2) is 9.78 Å². The van der Waals surface area contributed by atoms with Gasteiger partial charge in [0.25, 0.3) is 0 Å². The third-order valence-corrected chi connectivity index (χ3v) is 4.80. The monoisotopic (exact) mass is 351 g/mol. The van der Waals surface area contributed by atoms with Crippen molar-refractivity contribution in [2.75, 3.05) is 5.73 Å². The van der Waals surface area contributed by atoms with E-state index in [2.05, 4.69) is 21.0 Å². The Hall–Kier alpha value is -1.36. The van der Waals surface area contributed by atoms with Gasteiger partial charge >= 0.3 is 0 Å². The normalized spacial score (nSPS) is 16.9. The molecule has 0 amide bonds. The third-order valence-electron chi connectivity index (χ3n) is 4.15. The minimum atomic E-state index is -0.271. The van der Waals surface area contributed by atoms with E-state index in [-0.39, 0.29) is 5.82 Å². The van der Waals surface area contributed by atoms with Gasteiger partial charge in [0.1, 0.15) is 11.5 Å². The summed E-state index contributed by atoms with van der Waals surface area (Å²) in [6, 6.07) is 5.03. The van der Waals surface area contributed by atoms with E-state index in [0.29, 0.717) is 16.2 Å². The van der Waals surface area contributed by atoms with E-state index in [1.807, 2.05) is 10.9 Å². The molecule has 0 spiro atoms. The van der Waals surface area contributed by atoms with Crippen LogP contribution in [0.3, 0.4) is 0 Å². The van der Waals surface area contributed by atoms with Crippen molar-refractivity contribution in [1.29, 1.82) is 0 Å². The van der Waals surface area contributed by atoms with Crippen LogP contribution in [-0.2, 0) is 0 Å². The number of rotatable bonds is 2. The summed E-state index contributed by atoms with van der Waals surface area (Å²) >= 11 is 3.39. The Labute approximate surface area is 132 Å². The van der Waals surface area contributed by atoms with E-state index in [1.54, 1.807) is 6.07 Å². The number of nitrogens with zero attached hydrogens (tertiary/aromatic N) is 2. The average molecular weight is 352 g/mol. The summed E-state index contributed by atoms with van der Waals surface area (Å²) in [5.74, 6) is -0.271. The molecule has 3 rings (SSSR count). The summed E-state index contributed by atoms with van der Waals surface area (Å²) in [4.78, 5) is 0. The highest BCUT2D eigenvalue weighted by molar-refractivity contribution is 9.10. The zero-order chi connectivity index (χ0) is 14.8. The van der Waals surface area contributed by atoms with Gasteiger partial charge in [-0.3, -0.25) is 4.68 Å². The van der Waals surface area contributed by atoms with Crippen LogP contribution >= 0.6 is 15.9 Å². The second-order valence-electron chi connectivity index (χ2n) is 5.68. The molecule has 112 valence electrons. The quantitative estimate of drug-likeness (QED) is 0.779. The molecule has 0 saturated heterocycles. The van der Waals surface area contributed by atoms with Crippen LogP contribution in [0.5, 0.6) is 0 Å². The molecule has 1 aromatic heterocycles. The van der Waals surface area contributed by atoms with Crippen molar-refractivity contribution in [2.45, 2.75) is 44.6 Å². The van der Waals surface area contributed by atoms with E-state index < -0.39 is 0 Å². The third kappa shape index (κ3) is 3.12. The molecule has 1 fully saturated rings. The highest BCUT2D eigenvalue weighted by Crippen LogP contribution is 2.34. The Morgan fingerprint density at radius 3 is 2.57 bits per heavy atom. The molecule has 1 aromatic carbocycles. The zero-order valence-electron chi connectivity index (χ0n) is 11.9. The van der Waals surface area contributed by atoms with Crippen LogP contribution in [0.2, 0.25) is 0 Å². The molecule has 0 bridgehead atoms. The number of hydrogen-bond donors (Lipinski definition) is 1. The van der Waals surface area contributed by atoms with Crippen LogP contribution in [0.15, 0.2) is 28.9 Å². The van der Waals surface area contributed by atoms with Gasteiger partial charge < -0.3 is 5.73 Å². The molecule has 1 aliphatic carbocycles. The van der Waals surface area contributed by atoms with Gasteiger partial charge in [-0.2, -0.15) is 5.10 Å². The lowest BCUT2D eigenvalue weighted by molar-refractivity contribution is 0.406. The Kier molecular flexibility index (Phi) is 4.29. The Morgan fingerprint density at radius 2 is 1.90 bits per heavy atom. The van der Waals surface area contributed by atoms with Crippen molar-refractivity contribution in [3.63, 3.8) is 0 Å². The van der Waals surface area contributed by atoms with Crippen LogP contribution in [0.1, 0.15) is 44.6 Å². The number of benzene rings is 1. The van der Waals surface area contributed by atoms with Crippen molar-refractivity contribution in [2.24, 2.45) is 0 Å². The smallest absolute Gasteiger partial charge is 0.124 e. The van der Waals surface area contributed by atoms with Gasteiger partial charge in [0.05, 0.1) is 11.7 Å². The molecule has 1 saturated carbocycles. The van der Waals surface area contributed by atoms with E-state index in [1.165, 1.54) is 37.8 Å². The molecule has 0 aliphatic heterocycles. The molecule has 2 N–H and O–H groups in total. The largest absolute Gasteiger partial charge is 0.396 e. The highest BCUT2D eigenvalue weighted by Gasteiger charge is 2.18. The van der Waals surface area contributed by atoms with Crippen molar-refractivity contribution >= 4 is 21.6 Å². The summed E-state index contributed by atoms with van der Waals surface area (Å²) in [7, 11) is 0. The summed E-state index contributed by atoms with van der Waals surface area (Å²) in [6.07, 6.45) is 9.35. The second kappa shape index (κ2) is 6.18. The molecule has 3 nitrogen and oxygen atoms in total. The maximum absolute atomic E-state index is 13.2. The van der Waals surface area contributed by atoms with Crippen molar-refractivity contribution in [3.8, 4) is 11.3 Å². The maximum Gasteiger partial charge on any atom is 0.124 e. The van der Waals surface area contributed by atoms with Crippen LogP contribution in [0.25, 0.3) is 11.3 Å². The predicted molar refractivity (Wildman–Crippen MR) is 86.5 cm³/mol. The first-order valence-electron chi connectivity index (χ1n) is 7.45. The molecule has 1 heterocycles. The van der Waals surface area contributed by atoms with Gasteiger partial charge in [-0.25, -0.2) is 4.39 Å². The standard InChI is InChI=1S/C16H19BrFN3/c17-14-9-11(18)7-8-13(14)16-15(19)10-21(20-16)12-5-3-1-2-4-6-12/h7-10,12H,1-6,19H2. The van der Waals surface area contributed by atoms with Crippen LogP contribution < -0.4 is 5.73 Å². The number of nitrogen functional groups attached to an aromatic ring is 1. The van der Waals surface area contributed by atoms with Gasteiger partial charge in [0.2, 0.25) is 0 Å². The van der Waals surface area contributed by atoms with Gasteiger partial charge in [0, 0.05) is 16.2 Å². The fourth-order valence-electron chi connectivity index (χ4n) is 3.01. The molecule has 2 aromatic rings. The van der Waals surface area contributed by atoms with Gasteiger partial charge in [0.15, 0.2) is 0 Å². The molecule has 5 heteroatoms. The Bertz CT molecular complexity index is 630. The van der Waals surface area contributed by atoms with Gasteiger partial charge in [-0.05, 0) is 47.0 Å².